The third-order valence-electron chi connectivity index (χ3n) is 2.95. The molecule has 5 nitrogen and oxygen atoms in total. The van der Waals surface area contributed by atoms with E-state index in [9.17, 15) is 13.2 Å². The molecule has 2 rings (SSSR count). The first kappa shape index (κ1) is 15.1. The van der Waals surface area contributed by atoms with E-state index in [2.05, 4.69) is 0 Å². The number of oxazole rings is 1. The molecule has 0 spiro atoms. The minimum atomic E-state index is -3.17. The van der Waals surface area contributed by atoms with Crippen LogP contribution >= 0.6 is 11.6 Å². The van der Waals surface area contributed by atoms with Gasteiger partial charge in [-0.05, 0) is 24.1 Å². The van der Waals surface area contributed by atoms with Gasteiger partial charge in [0.25, 0.3) is 0 Å². The first-order valence-electron chi connectivity index (χ1n) is 6.27. The number of aromatic nitrogens is 1. The molecule has 0 amide bonds. The molecule has 1 heterocycles. The van der Waals surface area contributed by atoms with Crippen LogP contribution in [-0.4, -0.2) is 25.0 Å². The average Bonchev–Trinajstić information content (AvgIpc) is 2.63. The normalized spacial score (nSPS) is 13.8. The van der Waals surface area contributed by atoms with Gasteiger partial charge in [0.2, 0.25) is 0 Å². The van der Waals surface area contributed by atoms with E-state index in [1.165, 1.54) is 0 Å². The van der Waals surface area contributed by atoms with E-state index in [0.29, 0.717) is 23.2 Å². The van der Waals surface area contributed by atoms with Gasteiger partial charge in [-0.3, -0.25) is 4.57 Å². The third kappa shape index (κ3) is 3.24. The van der Waals surface area contributed by atoms with E-state index in [4.69, 9.17) is 16.0 Å². The lowest BCUT2D eigenvalue weighted by Gasteiger charge is -2.08. The molecule has 0 aliphatic rings. The fraction of sp³-hybridized carbons (Fsp3) is 0.462. The van der Waals surface area contributed by atoms with Gasteiger partial charge < -0.3 is 4.42 Å². The van der Waals surface area contributed by atoms with Crippen molar-refractivity contribution in [3.63, 3.8) is 0 Å². The molecule has 0 saturated heterocycles. The molecule has 7 heteroatoms. The molecular formula is C13H16ClNO4S. The zero-order chi connectivity index (χ0) is 14.9. The first-order valence-corrected chi connectivity index (χ1v) is 8.76. The van der Waals surface area contributed by atoms with Crippen LogP contribution in [0.2, 0.25) is 0 Å². The van der Waals surface area contributed by atoms with Crippen molar-refractivity contribution in [3.05, 3.63) is 34.3 Å². The predicted octanol–water partition coefficient (Wildman–Crippen LogP) is 2.33. The number of benzene rings is 1. The molecule has 1 unspecified atom stereocenters. The second-order valence-corrected chi connectivity index (χ2v) is 7.52. The molecule has 1 atom stereocenters. The quantitative estimate of drug-likeness (QED) is 0.794. The second-order valence-electron chi connectivity index (χ2n) is 4.81. The largest absolute Gasteiger partial charge is 0.419 e. The lowest BCUT2D eigenvalue weighted by Crippen LogP contribution is -2.13. The molecule has 0 aliphatic carbocycles. The maximum Gasteiger partial charge on any atom is 0.419 e. The molecule has 0 saturated carbocycles. The van der Waals surface area contributed by atoms with E-state index >= 15 is 0 Å². The average molecular weight is 318 g/mol. The Morgan fingerprint density at radius 3 is 2.70 bits per heavy atom. The first-order chi connectivity index (χ1) is 9.31. The van der Waals surface area contributed by atoms with Crippen molar-refractivity contribution < 1.29 is 12.8 Å². The zero-order valence-corrected chi connectivity index (χ0v) is 12.9. The van der Waals surface area contributed by atoms with Crippen LogP contribution in [0.25, 0.3) is 11.1 Å². The highest BCUT2D eigenvalue weighted by atomic mass is 35.5. The number of hydrogen-bond donors (Lipinski definition) is 0. The minimum absolute atomic E-state index is 0.153. The van der Waals surface area contributed by atoms with E-state index in [1.807, 2.05) is 6.92 Å². The summed E-state index contributed by atoms with van der Waals surface area (Å²) in [5.41, 5.74) is 1.76. The van der Waals surface area contributed by atoms with Gasteiger partial charge in [0.05, 0.1) is 16.6 Å². The third-order valence-corrected chi connectivity index (χ3v) is 4.48. The van der Waals surface area contributed by atoms with Gasteiger partial charge in [0.15, 0.2) is 5.58 Å². The summed E-state index contributed by atoms with van der Waals surface area (Å²) in [7, 11) is -3.17. The fourth-order valence-electron chi connectivity index (χ4n) is 2.08. The predicted molar refractivity (Wildman–Crippen MR) is 79.1 cm³/mol. The highest BCUT2D eigenvalue weighted by Gasteiger charge is 2.17. The number of aryl methyl sites for hydroxylation is 1. The fourth-order valence-corrected chi connectivity index (χ4v) is 3.62. The SMILES string of the molecule is CCCn1c(=O)oc2cc(C(Cl)CS(C)(=O)=O)ccc21. The van der Waals surface area contributed by atoms with E-state index in [-0.39, 0.29) is 5.75 Å². The molecule has 0 aliphatic heterocycles. The molecule has 20 heavy (non-hydrogen) atoms. The van der Waals surface area contributed by atoms with Crippen molar-refractivity contribution in [2.45, 2.75) is 25.3 Å². The van der Waals surface area contributed by atoms with Gasteiger partial charge in [-0.25, -0.2) is 13.2 Å². The van der Waals surface area contributed by atoms with Gasteiger partial charge in [-0.15, -0.1) is 11.6 Å². The van der Waals surface area contributed by atoms with Crippen molar-refractivity contribution in [3.8, 4) is 0 Å². The summed E-state index contributed by atoms with van der Waals surface area (Å²) in [5, 5.41) is -0.658. The van der Waals surface area contributed by atoms with Crippen LogP contribution in [0.5, 0.6) is 0 Å². The number of nitrogens with zero attached hydrogens (tertiary/aromatic N) is 1. The molecule has 110 valence electrons. The van der Waals surface area contributed by atoms with Crippen molar-refractivity contribution >= 4 is 32.5 Å². The summed E-state index contributed by atoms with van der Waals surface area (Å²) < 4.78 is 29.2. The number of hydrogen-bond acceptors (Lipinski definition) is 4. The number of fused-ring (bicyclic) bond motifs is 1. The number of rotatable bonds is 5. The number of sulfone groups is 1. The van der Waals surface area contributed by atoms with Crippen molar-refractivity contribution in [1.82, 2.24) is 4.57 Å². The van der Waals surface area contributed by atoms with E-state index in [0.717, 1.165) is 12.7 Å². The van der Waals surface area contributed by atoms with Gasteiger partial charge >= 0.3 is 5.76 Å². The summed E-state index contributed by atoms with van der Waals surface area (Å²) in [6, 6.07) is 5.10. The summed E-state index contributed by atoms with van der Waals surface area (Å²) >= 11 is 6.09. The summed E-state index contributed by atoms with van der Waals surface area (Å²) in [5.74, 6) is -0.562. The molecule has 1 aromatic heterocycles. The molecule has 0 radical (unpaired) electrons. The van der Waals surface area contributed by atoms with Crippen molar-refractivity contribution in [1.29, 1.82) is 0 Å². The number of halogens is 1. The Labute approximate surface area is 122 Å². The maximum atomic E-state index is 11.7. The Bertz CT molecular complexity index is 775. The highest BCUT2D eigenvalue weighted by Crippen LogP contribution is 2.25. The minimum Gasteiger partial charge on any atom is -0.408 e. The summed E-state index contributed by atoms with van der Waals surface area (Å²) in [6.07, 6.45) is 1.96. The molecule has 0 N–H and O–H groups in total. The molecule has 0 bridgehead atoms. The second kappa shape index (κ2) is 5.61. The van der Waals surface area contributed by atoms with E-state index < -0.39 is 21.0 Å². The lowest BCUT2D eigenvalue weighted by molar-refractivity contribution is 0.502. The van der Waals surface area contributed by atoms with Crippen LogP contribution in [0.4, 0.5) is 0 Å². The topological polar surface area (TPSA) is 69.3 Å². The van der Waals surface area contributed by atoms with Crippen molar-refractivity contribution in [2.24, 2.45) is 0 Å². The molecular weight excluding hydrogens is 302 g/mol. The zero-order valence-electron chi connectivity index (χ0n) is 11.3. The summed E-state index contributed by atoms with van der Waals surface area (Å²) in [6.45, 7) is 2.55. The van der Waals surface area contributed by atoms with Crippen molar-refractivity contribution in [2.75, 3.05) is 12.0 Å². The van der Waals surface area contributed by atoms with Crippen LogP contribution < -0.4 is 5.76 Å². The highest BCUT2D eigenvalue weighted by molar-refractivity contribution is 7.90. The van der Waals surface area contributed by atoms with Gasteiger partial charge in [0.1, 0.15) is 9.84 Å². The Morgan fingerprint density at radius 2 is 2.10 bits per heavy atom. The van der Waals surface area contributed by atoms with Crippen LogP contribution in [0.15, 0.2) is 27.4 Å². The van der Waals surface area contributed by atoms with Crippen LogP contribution in [-0.2, 0) is 16.4 Å². The molecule has 1 aromatic carbocycles. The van der Waals surface area contributed by atoms with Crippen LogP contribution in [0.3, 0.4) is 0 Å². The van der Waals surface area contributed by atoms with Gasteiger partial charge in [-0.2, -0.15) is 0 Å². The Morgan fingerprint density at radius 1 is 1.40 bits per heavy atom. The standard InChI is InChI=1S/C13H16ClNO4S/c1-3-6-15-11-5-4-9(7-12(11)19-13(15)16)10(14)8-20(2,17)18/h4-5,7,10H,3,6,8H2,1-2H3. The smallest absolute Gasteiger partial charge is 0.408 e. The maximum absolute atomic E-state index is 11.7. The van der Waals surface area contributed by atoms with Gasteiger partial charge in [-0.1, -0.05) is 13.0 Å². The Balaban J connectivity index is 2.42. The molecule has 0 fully saturated rings. The van der Waals surface area contributed by atoms with Gasteiger partial charge in [0, 0.05) is 12.8 Å². The number of alkyl halides is 1. The van der Waals surface area contributed by atoms with E-state index in [1.54, 1.807) is 22.8 Å². The Hall–Kier alpha value is -1.27. The lowest BCUT2D eigenvalue weighted by atomic mass is 10.1. The van der Waals surface area contributed by atoms with Crippen LogP contribution in [0.1, 0.15) is 24.3 Å². The summed E-state index contributed by atoms with van der Waals surface area (Å²) in [4.78, 5) is 11.7. The monoisotopic (exact) mass is 317 g/mol. The van der Waals surface area contributed by atoms with Crippen LogP contribution in [0, 0.1) is 0 Å². The molecule has 2 aromatic rings. The Kier molecular flexibility index (Phi) is 4.25.